The van der Waals surface area contributed by atoms with Gasteiger partial charge in [-0.25, -0.2) is 0 Å². The Bertz CT molecular complexity index is 368. The maximum atomic E-state index is 13.0. The Balaban J connectivity index is 2.20. The summed E-state index contributed by atoms with van der Waals surface area (Å²) in [7, 11) is 0. The van der Waals surface area contributed by atoms with E-state index in [1.807, 2.05) is 0 Å². The highest BCUT2D eigenvalue weighted by Crippen LogP contribution is 2.46. The zero-order valence-electron chi connectivity index (χ0n) is 9.37. The van der Waals surface area contributed by atoms with Crippen molar-refractivity contribution in [3.63, 3.8) is 0 Å². The van der Waals surface area contributed by atoms with Crippen LogP contribution in [0, 0.1) is 0 Å². The van der Waals surface area contributed by atoms with Gasteiger partial charge in [0.1, 0.15) is 0 Å². The highest BCUT2D eigenvalue weighted by Gasteiger charge is 2.47. The highest BCUT2D eigenvalue weighted by molar-refractivity contribution is 5.22. The van der Waals surface area contributed by atoms with E-state index >= 15 is 0 Å². The summed E-state index contributed by atoms with van der Waals surface area (Å²) in [6.45, 7) is 0. The molecule has 1 fully saturated rings. The molecule has 17 heavy (non-hydrogen) atoms. The van der Waals surface area contributed by atoms with Crippen LogP contribution in [0.15, 0.2) is 30.3 Å². The van der Waals surface area contributed by atoms with Gasteiger partial charge in [-0.3, -0.25) is 0 Å². The molecular weight excluding hydrogens is 229 g/mol. The van der Waals surface area contributed by atoms with E-state index in [1.165, 1.54) is 12.1 Å². The normalized spacial score (nSPS) is 20.7. The van der Waals surface area contributed by atoms with Crippen molar-refractivity contribution in [2.45, 2.75) is 43.4 Å². The first-order valence-corrected chi connectivity index (χ1v) is 5.75. The molecule has 94 valence electrons. The molecule has 1 aromatic rings. The zero-order chi connectivity index (χ0) is 12.5. The van der Waals surface area contributed by atoms with Crippen molar-refractivity contribution in [2.75, 3.05) is 0 Å². The summed E-state index contributed by atoms with van der Waals surface area (Å²) < 4.78 is 39.0. The molecule has 0 saturated heterocycles. The van der Waals surface area contributed by atoms with Crippen LogP contribution >= 0.6 is 0 Å². The lowest BCUT2D eigenvalue weighted by molar-refractivity contribution is -0.171. The number of halogens is 3. The maximum Gasteiger partial charge on any atom is 0.395 e. The maximum absolute atomic E-state index is 13.0. The molecule has 0 bridgehead atoms. The fourth-order valence-electron chi connectivity index (χ4n) is 2.28. The Kier molecular flexibility index (Phi) is 3.17. The van der Waals surface area contributed by atoms with Gasteiger partial charge in [-0.2, -0.15) is 13.2 Å². The van der Waals surface area contributed by atoms with Gasteiger partial charge in [0.05, 0.1) is 11.5 Å². The second kappa shape index (κ2) is 4.33. The Hall–Kier alpha value is -1.03. The average Bonchev–Trinajstić information content (AvgIpc) is 2.23. The second-order valence-electron chi connectivity index (χ2n) is 4.79. The number of alkyl halides is 3. The molecular formula is C13H15F3O. The Labute approximate surface area is 98.3 Å². The molecule has 1 aliphatic carbocycles. The van der Waals surface area contributed by atoms with Crippen LogP contribution in [0.2, 0.25) is 0 Å². The lowest BCUT2D eigenvalue weighted by Gasteiger charge is -2.39. The second-order valence-corrected chi connectivity index (χ2v) is 4.79. The molecule has 1 atom stereocenters. The zero-order valence-corrected chi connectivity index (χ0v) is 9.37. The topological polar surface area (TPSA) is 20.2 Å². The van der Waals surface area contributed by atoms with E-state index in [2.05, 4.69) is 0 Å². The van der Waals surface area contributed by atoms with Crippen molar-refractivity contribution in [3.8, 4) is 0 Å². The van der Waals surface area contributed by atoms with Gasteiger partial charge < -0.3 is 5.11 Å². The third kappa shape index (κ3) is 2.80. The van der Waals surface area contributed by atoms with Crippen molar-refractivity contribution in [2.24, 2.45) is 0 Å². The van der Waals surface area contributed by atoms with Crippen molar-refractivity contribution in [1.82, 2.24) is 0 Å². The molecule has 2 rings (SSSR count). The van der Waals surface area contributed by atoms with Crippen LogP contribution < -0.4 is 0 Å². The minimum Gasteiger partial charge on any atom is -0.390 e. The summed E-state index contributed by atoms with van der Waals surface area (Å²) in [5, 5.41) is 9.91. The largest absolute Gasteiger partial charge is 0.395 e. The van der Waals surface area contributed by atoms with Crippen LogP contribution in [-0.2, 0) is 0 Å². The first-order valence-electron chi connectivity index (χ1n) is 5.75. The summed E-state index contributed by atoms with van der Waals surface area (Å²) in [5.74, 6) is -1.56. The van der Waals surface area contributed by atoms with Crippen LogP contribution in [0.25, 0.3) is 0 Å². The van der Waals surface area contributed by atoms with E-state index in [9.17, 15) is 18.3 Å². The molecule has 0 spiro atoms. The van der Waals surface area contributed by atoms with Crippen molar-refractivity contribution < 1.29 is 18.3 Å². The predicted molar refractivity (Wildman–Crippen MR) is 58.7 cm³/mol. The van der Waals surface area contributed by atoms with Crippen LogP contribution in [0.4, 0.5) is 13.2 Å². The standard InChI is InChI=1S/C13H15F3O/c14-13(15,16)11(9-12(17)7-4-8-12)10-5-2-1-3-6-10/h1-3,5-6,11,17H,4,7-9H2. The van der Waals surface area contributed by atoms with E-state index in [-0.39, 0.29) is 12.0 Å². The van der Waals surface area contributed by atoms with Gasteiger partial charge >= 0.3 is 6.18 Å². The molecule has 1 aromatic carbocycles. The van der Waals surface area contributed by atoms with Crippen LogP contribution in [0.3, 0.4) is 0 Å². The molecule has 4 heteroatoms. The summed E-state index contributed by atoms with van der Waals surface area (Å²) >= 11 is 0. The van der Waals surface area contributed by atoms with Crippen LogP contribution in [0.5, 0.6) is 0 Å². The molecule has 0 aliphatic heterocycles. The molecule has 0 heterocycles. The van der Waals surface area contributed by atoms with Gasteiger partial charge in [-0.05, 0) is 31.2 Å². The molecule has 1 nitrogen and oxygen atoms in total. The summed E-state index contributed by atoms with van der Waals surface area (Å²) in [5.41, 5.74) is -0.879. The monoisotopic (exact) mass is 244 g/mol. The summed E-state index contributed by atoms with van der Waals surface area (Å²) in [6, 6.07) is 7.83. The van der Waals surface area contributed by atoms with E-state index < -0.39 is 17.7 Å². The Morgan fingerprint density at radius 1 is 1.18 bits per heavy atom. The Morgan fingerprint density at radius 2 is 1.76 bits per heavy atom. The molecule has 1 unspecified atom stereocenters. The van der Waals surface area contributed by atoms with Gasteiger partial charge in [-0.15, -0.1) is 0 Å². The molecule has 1 saturated carbocycles. The third-order valence-corrected chi connectivity index (χ3v) is 3.47. The fourth-order valence-corrected chi connectivity index (χ4v) is 2.28. The van der Waals surface area contributed by atoms with Crippen molar-refractivity contribution in [1.29, 1.82) is 0 Å². The number of rotatable bonds is 3. The molecule has 0 amide bonds. The minimum atomic E-state index is -4.30. The van der Waals surface area contributed by atoms with Crippen molar-refractivity contribution in [3.05, 3.63) is 35.9 Å². The third-order valence-electron chi connectivity index (χ3n) is 3.47. The average molecular weight is 244 g/mol. The number of hydrogen-bond acceptors (Lipinski definition) is 1. The van der Waals surface area contributed by atoms with E-state index in [0.717, 1.165) is 6.42 Å². The van der Waals surface area contributed by atoms with Gasteiger partial charge in [-0.1, -0.05) is 30.3 Å². The number of aliphatic hydroxyl groups is 1. The van der Waals surface area contributed by atoms with Crippen LogP contribution in [-0.4, -0.2) is 16.9 Å². The first-order chi connectivity index (χ1) is 7.91. The predicted octanol–water partition coefficient (Wildman–Crippen LogP) is 3.64. The first kappa shape index (κ1) is 12.4. The SMILES string of the molecule is OC1(CC(c2ccccc2)C(F)(F)F)CCC1. The molecule has 0 aromatic heterocycles. The van der Waals surface area contributed by atoms with Gasteiger partial charge in [0.15, 0.2) is 0 Å². The number of hydrogen-bond donors (Lipinski definition) is 1. The molecule has 1 N–H and O–H groups in total. The highest BCUT2D eigenvalue weighted by atomic mass is 19.4. The molecule has 1 aliphatic rings. The van der Waals surface area contributed by atoms with Gasteiger partial charge in [0, 0.05) is 0 Å². The number of benzene rings is 1. The fraction of sp³-hybridized carbons (Fsp3) is 0.538. The Morgan fingerprint density at radius 3 is 2.18 bits per heavy atom. The summed E-state index contributed by atoms with van der Waals surface area (Å²) in [6.07, 6.45) is -2.75. The van der Waals surface area contributed by atoms with Crippen molar-refractivity contribution >= 4 is 0 Å². The van der Waals surface area contributed by atoms with E-state index in [1.54, 1.807) is 18.2 Å². The van der Waals surface area contributed by atoms with E-state index in [4.69, 9.17) is 0 Å². The smallest absolute Gasteiger partial charge is 0.390 e. The minimum absolute atomic E-state index is 0.222. The summed E-state index contributed by atoms with van der Waals surface area (Å²) in [4.78, 5) is 0. The van der Waals surface area contributed by atoms with Gasteiger partial charge in [0.25, 0.3) is 0 Å². The quantitative estimate of drug-likeness (QED) is 0.860. The lowest BCUT2D eigenvalue weighted by Crippen LogP contribution is -2.41. The van der Waals surface area contributed by atoms with Gasteiger partial charge in [0.2, 0.25) is 0 Å². The lowest BCUT2D eigenvalue weighted by atomic mass is 9.73. The van der Waals surface area contributed by atoms with Crippen LogP contribution in [0.1, 0.15) is 37.2 Å². The van der Waals surface area contributed by atoms with E-state index in [0.29, 0.717) is 12.8 Å². The molecule has 0 radical (unpaired) electrons.